The molecule has 5 nitrogen and oxygen atoms in total. The summed E-state index contributed by atoms with van der Waals surface area (Å²) >= 11 is 0. The second-order valence-electron chi connectivity index (χ2n) is 6.42. The molecule has 0 spiro atoms. The first kappa shape index (κ1) is 19.2. The van der Waals surface area contributed by atoms with E-state index < -0.39 is 0 Å². The molecule has 0 radical (unpaired) electrons. The fourth-order valence-electron chi connectivity index (χ4n) is 3.24. The number of ether oxygens (including phenoxy) is 3. The summed E-state index contributed by atoms with van der Waals surface area (Å²) in [5.74, 6) is -0.883. The molecule has 1 aliphatic heterocycles. The van der Waals surface area contributed by atoms with Crippen molar-refractivity contribution in [2.75, 3.05) is 13.7 Å². The third kappa shape index (κ3) is 4.28. The van der Waals surface area contributed by atoms with E-state index >= 15 is 0 Å². The highest BCUT2D eigenvalue weighted by Crippen LogP contribution is 2.42. The van der Waals surface area contributed by atoms with Crippen molar-refractivity contribution in [3.63, 3.8) is 0 Å². The monoisotopic (exact) mass is 346 g/mol. The van der Waals surface area contributed by atoms with E-state index in [4.69, 9.17) is 14.2 Å². The number of rotatable bonds is 5. The first-order chi connectivity index (χ1) is 11.9. The molecule has 0 amide bonds. The number of carbonyl (C=O) groups excluding carboxylic acids is 2. The molecule has 1 saturated heterocycles. The van der Waals surface area contributed by atoms with Crippen LogP contribution in [0.2, 0.25) is 0 Å². The second-order valence-corrected chi connectivity index (χ2v) is 6.42. The molecular weight excluding hydrogens is 320 g/mol. The molecule has 0 N–H and O–H groups in total. The van der Waals surface area contributed by atoms with E-state index in [-0.39, 0.29) is 36.0 Å². The summed E-state index contributed by atoms with van der Waals surface area (Å²) in [6.07, 6.45) is 0.184. The van der Waals surface area contributed by atoms with Crippen molar-refractivity contribution in [1.29, 1.82) is 0 Å². The molecule has 136 valence electrons. The number of benzene rings is 1. The maximum atomic E-state index is 12.2. The lowest BCUT2D eigenvalue weighted by atomic mass is 9.78. The third-order valence-corrected chi connectivity index (χ3v) is 4.68. The van der Waals surface area contributed by atoms with Crippen molar-refractivity contribution < 1.29 is 23.8 Å². The molecule has 5 heteroatoms. The summed E-state index contributed by atoms with van der Waals surface area (Å²) in [5.41, 5.74) is 2.41. The van der Waals surface area contributed by atoms with Crippen LogP contribution in [0, 0.1) is 11.8 Å². The van der Waals surface area contributed by atoms with Gasteiger partial charge in [-0.15, -0.1) is 0 Å². The third-order valence-electron chi connectivity index (χ3n) is 4.68. The molecule has 0 aliphatic carbocycles. The molecule has 4 atom stereocenters. The molecule has 0 saturated carbocycles. The van der Waals surface area contributed by atoms with Crippen molar-refractivity contribution in [2.45, 2.75) is 39.4 Å². The minimum Gasteiger partial charge on any atom is -0.466 e. The van der Waals surface area contributed by atoms with Gasteiger partial charge < -0.3 is 14.2 Å². The summed E-state index contributed by atoms with van der Waals surface area (Å²) in [7, 11) is 1.36. The largest absolute Gasteiger partial charge is 0.466 e. The van der Waals surface area contributed by atoms with Crippen molar-refractivity contribution in [2.24, 2.45) is 11.8 Å². The highest BCUT2D eigenvalue weighted by atomic mass is 16.5. The minimum atomic E-state index is -0.372. The molecule has 0 bridgehead atoms. The number of methoxy groups -OCH3 is 1. The zero-order chi connectivity index (χ0) is 18.6. The topological polar surface area (TPSA) is 61.8 Å². The normalized spacial score (nSPS) is 25.9. The maximum Gasteiger partial charge on any atom is 0.337 e. The lowest BCUT2D eigenvalue weighted by Gasteiger charge is -2.40. The summed E-state index contributed by atoms with van der Waals surface area (Å²) in [4.78, 5) is 23.8. The van der Waals surface area contributed by atoms with Gasteiger partial charge in [0.15, 0.2) is 0 Å². The van der Waals surface area contributed by atoms with Crippen LogP contribution in [0.15, 0.2) is 36.4 Å². The SMILES string of the molecule is C=C(C)[C@@H]1C[C@H](C(=O)OCC)[C@@H](C)O[C@H]1c1ccc(C(=O)OC)cc1. The highest BCUT2D eigenvalue weighted by Gasteiger charge is 2.41. The van der Waals surface area contributed by atoms with Crippen LogP contribution in [0.5, 0.6) is 0 Å². The number of carbonyl (C=O) groups is 2. The van der Waals surface area contributed by atoms with E-state index in [2.05, 4.69) is 6.58 Å². The molecule has 1 aromatic rings. The summed E-state index contributed by atoms with van der Waals surface area (Å²) in [5, 5.41) is 0. The summed E-state index contributed by atoms with van der Waals surface area (Å²) in [6.45, 7) is 10.1. The van der Waals surface area contributed by atoms with Crippen LogP contribution in [0.1, 0.15) is 49.2 Å². The average molecular weight is 346 g/mol. The van der Waals surface area contributed by atoms with Gasteiger partial charge in [0.1, 0.15) is 0 Å². The molecule has 25 heavy (non-hydrogen) atoms. The Labute approximate surface area is 149 Å². The predicted octanol–water partition coefficient (Wildman–Crippen LogP) is 3.69. The van der Waals surface area contributed by atoms with Crippen LogP contribution in [-0.4, -0.2) is 31.8 Å². The molecule has 1 fully saturated rings. The highest BCUT2D eigenvalue weighted by molar-refractivity contribution is 5.89. The van der Waals surface area contributed by atoms with E-state index in [1.807, 2.05) is 26.0 Å². The van der Waals surface area contributed by atoms with Crippen molar-refractivity contribution in [3.05, 3.63) is 47.5 Å². The second kappa shape index (κ2) is 8.30. The van der Waals surface area contributed by atoms with E-state index in [1.165, 1.54) is 7.11 Å². The fraction of sp³-hybridized carbons (Fsp3) is 0.500. The fourth-order valence-corrected chi connectivity index (χ4v) is 3.24. The zero-order valence-corrected chi connectivity index (χ0v) is 15.3. The van der Waals surface area contributed by atoms with Crippen LogP contribution in [0.4, 0.5) is 0 Å². The molecule has 1 aliphatic rings. The van der Waals surface area contributed by atoms with Gasteiger partial charge >= 0.3 is 11.9 Å². The lowest BCUT2D eigenvalue weighted by Crippen LogP contribution is -2.40. The minimum absolute atomic E-state index is 0.00887. The Morgan fingerprint density at radius 3 is 2.40 bits per heavy atom. The molecule has 2 rings (SSSR count). The molecule has 0 unspecified atom stereocenters. The first-order valence-electron chi connectivity index (χ1n) is 8.54. The Morgan fingerprint density at radius 1 is 1.24 bits per heavy atom. The lowest BCUT2D eigenvalue weighted by molar-refractivity contribution is -0.166. The molecule has 0 aromatic heterocycles. The van der Waals surface area contributed by atoms with Gasteiger partial charge in [0.25, 0.3) is 0 Å². The Bertz CT molecular complexity index is 634. The molecular formula is C20H26O5. The Hall–Kier alpha value is -2.14. The van der Waals surface area contributed by atoms with Gasteiger partial charge in [0.2, 0.25) is 0 Å². The van der Waals surface area contributed by atoms with Crippen LogP contribution < -0.4 is 0 Å². The summed E-state index contributed by atoms with van der Waals surface area (Å²) < 4.78 is 16.1. The van der Waals surface area contributed by atoms with E-state index in [9.17, 15) is 9.59 Å². The van der Waals surface area contributed by atoms with Gasteiger partial charge in [-0.05, 0) is 44.9 Å². The van der Waals surface area contributed by atoms with Gasteiger partial charge in [-0.3, -0.25) is 4.79 Å². The Balaban J connectivity index is 2.23. The zero-order valence-electron chi connectivity index (χ0n) is 15.3. The van der Waals surface area contributed by atoms with Crippen LogP contribution in [0.3, 0.4) is 0 Å². The number of hydrogen-bond donors (Lipinski definition) is 0. The van der Waals surface area contributed by atoms with Gasteiger partial charge in [-0.2, -0.15) is 0 Å². The first-order valence-corrected chi connectivity index (χ1v) is 8.54. The number of hydrogen-bond acceptors (Lipinski definition) is 5. The molecule has 1 heterocycles. The predicted molar refractivity (Wildman–Crippen MR) is 94.1 cm³/mol. The molecule has 1 aromatic carbocycles. The summed E-state index contributed by atoms with van der Waals surface area (Å²) in [6, 6.07) is 7.18. The Morgan fingerprint density at radius 2 is 1.88 bits per heavy atom. The van der Waals surface area contributed by atoms with Crippen molar-refractivity contribution in [1.82, 2.24) is 0 Å². The standard InChI is InChI=1S/C20H26O5/c1-6-24-20(22)17-11-16(12(2)3)18(25-13(17)4)14-7-9-15(10-8-14)19(21)23-5/h7-10,13,16-18H,2,6,11H2,1,3-5H3/t13-,16+,17+,18+/m1/s1. The quantitative estimate of drug-likeness (QED) is 0.601. The van der Waals surface area contributed by atoms with Crippen molar-refractivity contribution >= 4 is 11.9 Å². The van der Waals surface area contributed by atoms with E-state index in [1.54, 1.807) is 19.1 Å². The average Bonchev–Trinajstić information content (AvgIpc) is 2.60. The maximum absolute atomic E-state index is 12.2. The van der Waals surface area contributed by atoms with Gasteiger partial charge in [-0.1, -0.05) is 24.3 Å². The van der Waals surface area contributed by atoms with Crippen LogP contribution >= 0.6 is 0 Å². The van der Waals surface area contributed by atoms with Crippen LogP contribution in [0.25, 0.3) is 0 Å². The number of esters is 2. The van der Waals surface area contributed by atoms with E-state index in [0.717, 1.165) is 11.1 Å². The van der Waals surface area contributed by atoms with Gasteiger partial charge in [-0.25, -0.2) is 4.79 Å². The van der Waals surface area contributed by atoms with E-state index in [0.29, 0.717) is 18.6 Å². The van der Waals surface area contributed by atoms with Gasteiger partial charge in [0, 0.05) is 5.92 Å². The van der Waals surface area contributed by atoms with Gasteiger partial charge in [0.05, 0.1) is 37.4 Å². The van der Waals surface area contributed by atoms with Crippen LogP contribution in [-0.2, 0) is 19.0 Å². The van der Waals surface area contributed by atoms with Crippen molar-refractivity contribution in [3.8, 4) is 0 Å². The Kier molecular flexibility index (Phi) is 6.37. The smallest absolute Gasteiger partial charge is 0.337 e.